The van der Waals surface area contributed by atoms with E-state index in [9.17, 15) is 0 Å². The molecule has 0 saturated heterocycles. The molecule has 94 valence electrons. The Bertz CT molecular complexity index is 743. The molecule has 0 spiro atoms. The molecule has 3 rings (SSSR count). The molecule has 0 aliphatic heterocycles. The summed E-state index contributed by atoms with van der Waals surface area (Å²) in [6, 6.07) is 13.3. The fourth-order valence-electron chi connectivity index (χ4n) is 2.02. The predicted molar refractivity (Wildman–Crippen MR) is 76.5 cm³/mol. The monoisotopic (exact) mass is 270 g/mol. The van der Waals surface area contributed by atoms with E-state index in [1.165, 1.54) is 0 Å². The van der Waals surface area contributed by atoms with Crippen LogP contribution in [0.25, 0.3) is 22.2 Å². The molecule has 3 aromatic rings. The van der Waals surface area contributed by atoms with Crippen LogP contribution in [-0.2, 0) is 0 Å². The summed E-state index contributed by atoms with van der Waals surface area (Å²) in [7, 11) is 1.60. The first kappa shape index (κ1) is 11.9. The number of hydrogen-bond donors (Lipinski definition) is 0. The highest BCUT2D eigenvalue weighted by atomic mass is 35.5. The van der Waals surface area contributed by atoms with E-state index < -0.39 is 0 Å². The van der Waals surface area contributed by atoms with Gasteiger partial charge in [0.05, 0.1) is 12.6 Å². The highest BCUT2D eigenvalue weighted by Crippen LogP contribution is 2.32. The van der Waals surface area contributed by atoms with E-state index in [2.05, 4.69) is 9.97 Å². The smallest absolute Gasteiger partial charge is 0.213 e. The third-order valence-electron chi connectivity index (χ3n) is 2.93. The first-order valence-electron chi connectivity index (χ1n) is 5.84. The van der Waals surface area contributed by atoms with Gasteiger partial charge in [0.25, 0.3) is 0 Å². The molecule has 0 saturated carbocycles. The molecule has 0 unspecified atom stereocenters. The Labute approximate surface area is 115 Å². The fraction of sp³-hybridized carbons (Fsp3) is 0.0667. The normalized spacial score (nSPS) is 10.6. The third-order valence-corrected chi connectivity index (χ3v) is 3.26. The molecular formula is C15H11ClN2O. The Kier molecular flexibility index (Phi) is 3.05. The number of nitrogens with zero attached hydrogens (tertiary/aromatic N) is 2. The van der Waals surface area contributed by atoms with Crippen molar-refractivity contribution in [2.24, 2.45) is 0 Å². The summed E-state index contributed by atoms with van der Waals surface area (Å²) in [5.74, 6) is 0.564. The lowest BCUT2D eigenvalue weighted by Crippen LogP contribution is -1.92. The van der Waals surface area contributed by atoms with Gasteiger partial charge in [-0.1, -0.05) is 29.8 Å². The van der Waals surface area contributed by atoms with Gasteiger partial charge in [-0.25, -0.2) is 4.98 Å². The van der Waals surface area contributed by atoms with Crippen LogP contribution in [0, 0.1) is 0 Å². The molecule has 0 amide bonds. The summed E-state index contributed by atoms with van der Waals surface area (Å²) < 4.78 is 5.17. The zero-order chi connectivity index (χ0) is 13.2. The van der Waals surface area contributed by atoms with Gasteiger partial charge in [0.2, 0.25) is 5.88 Å². The number of fused-ring (bicyclic) bond motifs is 1. The average molecular weight is 271 g/mol. The van der Waals surface area contributed by atoms with E-state index in [0.717, 1.165) is 22.2 Å². The number of benzene rings is 1. The summed E-state index contributed by atoms with van der Waals surface area (Å²) in [5, 5.41) is 0.694. The van der Waals surface area contributed by atoms with Crippen LogP contribution < -0.4 is 4.74 Å². The highest BCUT2D eigenvalue weighted by molar-refractivity contribution is 6.33. The zero-order valence-electron chi connectivity index (χ0n) is 10.3. The number of hydrogen-bond acceptors (Lipinski definition) is 3. The standard InChI is InChI=1S/C15H11ClN2O/c1-19-14-7-6-13-15(18-14)11(8-9-17-13)10-4-2-3-5-12(10)16/h2-9H,1H3. The minimum absolute atomic E-state index is 0.564. The number of pyridine rings is 2. The second-order valence-electron chi connectivity index (χ2n) is 4.06. The summed E-state index contributed by atoms with van der Waals surface area (Å²) in [5.41, 5.74) is 3.50. The van der Waals surface area contributed by atoms with E-state index >= 15 is 0 Å². The van der Waals surface area contributed by atoms with Gasteiger partial charge >= 0.3 is 0 Å². The first-order valence-corrected chi connectivity index (χ1v) is 6.22. The molecule has 0 atom stereocenters. The van der Waals surface area contributed by atoms with Gasteiger partial charge < -0.3 is 4.74 Å². The lowest BCUT2D eigenvalue weighted by atomic mass is 10.0. The molecule has 0 bridgehead atoms. The molecule has 1 aromatic carbocycles. The zero-order valence-corrected chi connectivity index (χ0v) is 11.1. The van der Waals surface area contributed by atoms with Gasteiger partial charge in [-0.05, 0) is 18.2 Å². The van der Waals surface area contributed by atoms with Crippen molar-refractivity contribution in [3.63, 3.8) is 0 Å². The molecule has 2 aromatic heterocycles. The van der Waals surface area contributed by atoms with Crippen LogP contribution in [0.5, 0.6) is 5.88 Å². The lowest BCUT2D eigenvalue weighted by Gasteiger charge is -2.08. The van der Waals surface area contributed by atoms with E-state index in [1.807, 2.05) is 36.4 Å². The molecular weight excluding hydrogens is 260 g/mol. The first-order chi connectivity index (χ1) is 9.29. The molecule has 4 heteroatoms. The topological polar surface area (TPSA) is 35.0 Å². The van der Waals surface area contributed by atoms with Gasteiger partial charge in [-0.3, -0.25) is 4.98 Å². The van der Waals surface area contributed by atoms with Gasteiger partial charge in [-0.15, -0.1) is 0 Å². The Hall–Kier alpha value is -2.13. The van der Waals surface area contributed by atoms with E-state index in [-0.39, 0.29) is 0 Å². The summed E-state index contributed by atoms with van der Waals surface area (Å²) in [6.07, 6.45) is 1.76. The maximum absolute atomic E-state index is 6.25. The molecule has 0 aliphatic rings. The van der Waals surface area contributed by atoms with Crippen LogP contribution in [0.15, 0.2) is 48.7 Å². The summed E-state index contributed by atoms with van der Waals surface area (Å²) >= 11 is 6.25. The number of halogens is 1. The van der Waals surface area contributed by atoms with Gasteiger partial charge in [0, 0.05) is 28.4 Å². The van der Waals surface area contributed by atoms with Crippen LogP contribution >= 0.6 is 11.6 Å². The quantitative estimate of drug-likeness (QED) is 0.707. The summed E-state index contributed by atoms with van der Waals surface area (Å²) in [4.78, 5) is 8.78. The molecule has 0 fully saturated rings. The van der Waals surface area contributed by atoms with E-state index in [4.69, 9.17) is 16.3 Å². The van der Waals surface area contributed by atoms with Crippen molar-refractivity contribution in [3.8, 4) is 17.0 Å². The number of rotatable bonds is 2. The second kappa shape index (κ2) is 4.86. The maximum Gasteiger partial charge on any atom is 0.213 e. The van der Waals surface area contributed by atoms with Crippen LogP contribution in [0.4, 0.5) is 0 Å². The van der Waals surface area contributed by atoms with Crippen LogP contribution in [0.1, 0.15) is 0 Å². The minimum Gasteiger partial charge on any atom is -0.481 e. The molecule has 0 radical (unpaired) electrons. The molecule has 3 nitrogen and oxygen atoms in total. The third kappa shape index (κ3) is 2.13. The number of methoxy groups -OCH3 is 1. The molecule has 19 heavy (non-hydrogen) atoms. The Morgan fingerprint density at radius 3 is 2.63 bits per heavy atom. The van der Waals surface area contributed by atoms with Crippen LogP contribution in [0.3, 0.4) is 0 Å². The Morgan fingerprint density at radius 1 is 1.00 bits per heavy atom. The van der Waals surface area contributed by atoms with Gasteiger partial charge in [0.15, 0.2) is 0 Å². The van der Waals surface area contributed by atoms with Crippen molar-refractivity contribution in [2.75, 3.05) is 7.11 Å². The second-order valence-corrected chi connectivity index (χ2v) is 4.47. The Balaban J connectivity index is 2.32. The average Bonchev–Trinajstić information content (AvgIpc) is 2.47. The molecule has 0 N–H and O–H groups in total. The molecule has 2 heterocycles. The van der Waals surface area contributed by atoms with Crippen molar-refractivity contribution in [3.05, 3.63) is 53.7 Å². The Morgan fingerprint density at radius 2 is 1.84 bits per heavy atom. The maximum atomic E-state index is 6.25. The predicted octanol–water partition coefficient (Wildman–Crippen LogP) is 3.96. The summed E-state index contributed by atoms with van der Waals surface area (Å²) in [6.45, 7) is 0. The van der Waals surface area contributed by atoms with E-state index in [0.29, 0.717) is 10.9 Å². The number of aromatic nitrogens is 2. The lowest BCUT2D eigenvalue weighted by molar-refractivity contribution is 0.399. The van der Waals surface area contributed by atoms with Crippen molar-refractivity contribution in [1.29, 1.82) is 0 Å². The van der Waals surface area contributed by atoms with Crippen molar-refractivity contribution < 1.29 is 4.74 Å². The van der Waals surface area contributed by atoms with Crippen molar-refractivity contribution >= 4 is 22.6 Å². The van der Waals surface area contributed by atoms with Gasteiger partial charge in [-0.2, -0.15) is 0 Å². The SMILES string of the molecule is COc1ccc2nccc(-c3ccccc3Cl)c2n1. The highest BCUT2D eigenvalue weighted by Gasteiger charge is 2.09. The van der Waals surface area contributed by atoms with E-state index in [1.54, 1.807) is 19.4 Å². The van der Waals surface area contributed by atoms with Crippen molar-refractivity contribution in [2.45, 2.75) is 0 Å². The van der Waals surface area contributed by atoms with Crippen LogP contribution in [-0.4, -0.2) is 17.1 Å². The molecule has 0 aliphatic carbocycles. The van der Waals surface area contributed by atoms with Crippen molar-refractivity contribution in [1.82, 2.24) is 9.97 Å². The number of ether oxygens (including phenoxy) is 1. The van der Waals surface area contributed by atoms with Gasteiger partial charge in [0.1, 0.15) is 5.52 Å². The largest absolute Gasteiger partial charge is 0.481 e. The fourth-order valence-corrected chi connectivity index (χ4v) is 2.26. The minimum atomic E-state index is 0.564. The van der Waals surface area contributed by atoms with Crippen LogP contribution in [0.2, 0.25) is 5.02 Å².